The average molecular weight is 267 g/mol. The van der Waals surface area contributed by atoms with Gasteiger partial charge in [0, 0.05) is 32.2 Å². The minimum absolute atomic E-state index is 0.163. The number of aryl methyl sites for hydroxylation is 1. The van der Waals surface area contributed by atoms with Crippen molar-refractivity contribution in [3.63, 3.8) is 0 Å². The highest BCUT2D eigenvalue weighted by molar-refractivity contribution is 5.92. The van der Waals surface area contributed by atoms with Crippen molar-refractivity contribution in [2.45, 2.75) is 13.3 Å². The first-order valence-electron chi connectivity index (χ1n) is 6.17. The summed E-state index contributed by atoms with van der Waals surface area (Å²) >= 11 is 0. The molecule has 0 aromatic carbocycles. The van der Waals surface area contributed by atoms with E-state index in [-0.39, 0.29) is 12.0 Å². The topological polar surface area (TPSA) is 75.9 Å². The molecule has 19 heavy (non-hydrogen) atoms. The van der Waals surface area contributed by atoms with E-state index in [1.54, 1.807) is 22.8 Å². The van der Waals surface area contributed by atoms with Crippen LogP contribution in [0.1, 0.15) is 22.7 Å². The SMILES string of the molecule is COC(=O)N1CCCN(C(=O)c2cc(C)on2)CC1. The molecule has 1 aromatic heterocycles. The minimum atomic E-state index is -0.355. The monoisotopic (exact) mass is 267 g/mol. The maximum Gasteiger partial charge on any atom is 0.409 e. The van der Waals surface area contributed by atoms with Gasteiger partial charge in [0.2, 0.25) is 0 Å². The first-order chi connectivity index (χ1) is 9.11. The van der Waals surface area contributed by atoms with Crippen molar-refractivity contribution in [1.29, 1.82) is 0 Å². The highest BCUT2D eigenvalue weighted by atomic mass is 16.5. The molecule has 0 spiro atoms. The van der Waals surface area contributed by atoms with Gasteiger partial charge >= 0.3 is 6.09 Å². The molecule has 0 unspecified atom stereocenters. The van der Waals surface area contributed by atoms with Crippen LogP contribution in [0.4, 0.5) is 4.79 Å². The lowest BCUT2D eigenvalue weighted by Gasteiger charge is -2.20. The molecule has 1 fully saturated rings. The molecule has 2 heterocycles. The van der Waals surface area contributed by atoms with Gasteiger partial charge in [0.25, 0.3) is 5.91 Å². The van der Waals surface area contributed by atoms with Crippen LogP contribution in [0.3, 0.4) is 0 Å². The van der Waals surface area contributed by atoms with Crippen LogP contribution in [0, 0.1) is 6.92 Å². The summed E-state index contributed by atoms with van der Waals surface area (Å²) in [5.41, 5.74) is 0.309. The van der Waals surface area contributed by atoms with Gasteiger partial charge in [-0.2, -0.15) is 0 Å². The molecule has 2 rings (SSSR count). The predicted octanol–water partition coefficient (Wildman–Crippen LogP) is 0.897. The Morgan fingerprint density at radius 2 is 1.95 bits per heavy atom. The van der Waals surface area contributed by atoms with Crippen LogP contribution in [-0.4, -0.2) is 60.2 Å². The van der Waals surface area contributed by atoms with Crippen molar-refractivity contribution >= 4 is 12.0 Å². The fraction of sp³-hybridized carbons (Fsp3) is 0.583. The molecule has 0 radical (unpaired) electrons. The third-order valence-electron chi connectivity index (χ3n) is 3.06. The van der Waals surface area contributed by atoms with E-state index < -0.39 is 0 Å². The average Bonchev–Trinajstić information content (AvgIpc) is 2.71. The number of amides is 2. The number of ether oxygens (including phenoxy) is 1. The van der Waals surface area contributed by atoms with Crippen LogP contribution < -0.4 is 0 Å². The molecule has 0 bridgehead atoms. The molecule has 0 aliphatic carbocycles. The zero-order valence-electron chi connectivity index (χ0n) is 11.1. The summed E-state index contributed by atoms with van der Waals surface area (Å²) in [4.78, 5) is 26.9. The fourth-order valence-electron chi connectivity index (χ4n) is 2.06. The lowest BCUT2D eigenvalue weighted by atomic mass is 10.3. The van der Waals surface area contributed by atoms with E-state index in [9.17, 15) is 9.59 Å². The van der Waals surface area contributed by atoms with Crippen LogP contribution in [-0.2, 0) is 4.74 Å². The van der Waals surface area contributed by atoms with E-state index in [0.717, 1.165) is 6.42 Å². The molecular weight excluding hydrogens is 250 g/mol. The maximum atomic E-state index is 12.2. The summed E-state index contributed by atoms with van der Waals surface area (Å²) in [5, 5.41) is 3.72. The summed E-state index contributed by atoms with van der Waals surface area (Å²) in [5.74, 6) is 0.443. The van der Waals surface area contributed by atoms with Crippen LogP contribution in [0.25, 0.3) is 0 Å². The molecule has 7 heteroatoms. The van der Waals surface area contributed by atoms with Gasteiger partial charge in [-0.25, -0.2) is 4.79 Å². The summed E-state index contributed by atoms with van der Waals surface area (Å²) in [7, 11) is 1.36. The van der Waals surface area contributed by atoms with Gasteiger partial charge in [-0.1, -0.05) is 5.16 Å². The van der Waals surface area contributed by atoms with Crippen LogP contribution in [0.15, 0.2) is 10.6 Å². The van der Waals surface area contributed by atoms with Crippen LogP contribution in [0.5, 0.6) is 0 Å². The van der Waals surface area contributed by atoms with Crippen molar-refractivity contribution < 1.29 is 18.8 Å². The normalized spacial score (nSPS) is 16.1. The van der Waals surface area contributed by atoms with Crippen molar-refractivity contribution in [2.24, 2.45) is 0 Å². The lowest BCUT2D eigenvalue weighted by molar-refractivity contribution is 0.0747. The Kier molecular flexibility index (Phi) is 4.03. The lowest BCUT2D eigenvalue weighted by Crippen LogP contribution is -2.37. The molecule has 1 saturated heterocycles. The predicted molar refractivity (Wildman–Crippen MR) is 65.7 cm³/mol. The fourth-order valence-corrected chi connectivity index (χ4v) is 2.06. The highest BCUT2D eigenvalue weighted by Crippen LogP contribution is 2.10. The van der Waals surface area contributed by atoms with Gasteiger partial charge in [-0.15, -0.1) is 0 Å². The Morgan fingerprint density at radius 1 is 1.26 bits per heavy atom. The number of hydrogen-bond acceptors (Lipinski definition) is 5. The number of aromatic nitrogens is 1. The third-order valence-corrected chi connectivity index (χ3v) is 3.06. The van der Waals surface area contributed by atoms with Gasteiger partial charge in [-0.3, -0.25) is 4.79 Å². The van der Waals surface area contributed by atoms with E-state index in [0.29, 0.717) is 37.6 Å². The quantitative estimate of drug-likeness (QED) is 0.755. The second-order valence-electron chi connectivity index (χ2n) is 4.43. The number of carbonyl (C=O) groups is 2. The largest absolute Gasteiger partial charge is 0.453 e. The van der Waals surface area contributed by atoms with E-state index in [4.69, 9.17) is 4.52 Å². The second kappa shape index (κ2) is 5.73. The van der Waals surface area contributed by atoms with Gasteiger partial charge in [-0.05, 0) is 13.3 Å². The third kappa shape index (κ3) is 3.04. The molecule has 0 saturated carbocycles. The molecule has 0 N–H and O–H groups in total. The van der Waals surface area contributed by atoms with Crippen molar-refractivity contribution in [2.75, 3.05) is 33.3 Å². The molecule has 1 aromatic rings. The minimum Gasteiger partial charge on any atom is -0.453 e. The Labute approximate surface area is 111 Å². The molecule has 1 aliphatic heterocycles. The first kappa shape index (κ1) is 13.4. The Bertz CT molecular complexity index is 471. The molecule has 104 valence electrons. The van der Waals surface area contributed by atoms with Gasteiger partial charge < -0.3 is 19.1 Å². The van der Waals surface area contributed by atoms with Crippen molar-refractivity contribution in [1.82, 2.24) is 15.0 Å². The van der Waals surface area contributed by atoms with Crippen LogP contribution >= 0.6 is 0 Å². The zero-order valence-corrected chi connectivity index (χ0v) is 11.1. The molecule has 2 amide bonds. The number of nitrogens with zero attached hydrogens (tertiary/aromatic N) is 3. The summed E-state index contributed by atoms with van der Waals surface area (Å²) in [6, 6.07) is 1.62. The number of carbonyl (C=O) groups excluding carboxylic acids is 2. The van der Waals surface area contributed by atoms with Crippen LogP contribution in [0.2, 0.25) is 0 Å². The van der Waals surface area contributed by atoms with Gasteiger partial charge in [0.15, 0.2) is 5.69 Å². The number of hydrogen-bond donors (Lipinski definition) is 0. The van der Waals surface area contributed by atoms with E-state index in [2.05, 4.69) is 9.89 Å². The van der Waals surface area contributed by atoms with Gasteiger partial charge in [0.05, 0.1) is 7.11 Å². The Balaban J connectivity index is 1.99. The number of rotatable bonds is 1. The maximum absolute atomic E-state index is 12.2. The van der Waals surface area contributed by atoms with E-state index in [1.165, 1.54) is 7.11 Å². The smallest absolute Gasteiger partial charge is 0.409 e. The standard InChI is InChI=1S/C12H17N3O4/c1-9-8-10(13-19-9)11(16)14-4-3-5-15(7-6-14)12(17)18-2/h8H,3-7H2,1-2H3. The molecule has 1 aliphatic rings. The van der Waals surface area contributed by atoms with Gasteiger partial charge in [0.1, 0.15) is 5.76 Å². The Morgan fingerprint density at radius 3 is 2.58 bits per heavy atom. The van der Waals surface area contributed by atoms with E-state index in [1.807, 2.05) is 0 Å². The first-order valence-corrected chi connectivity index (χ1v) is 6.17. The van der Waals surface area contributed by atoms with Crippen molar-refractivity contribution in [3.05, 3.63) is 17.5 Å². The zero-order chi connectivity index (χ0) is 13.8. The van der Waals surface area contributed by atoms with E-state index >= 15 is 0 Å². The summed E-state index contributed by atoms with van der Waals surface area (Å²) in [6.07, 6.45) is 0.365. The molecular formula is C12H17N3O4. The molecule has 7 nitrogen and oxygen atoms in total. The Hall–Kier alpha value is -2.05. The second-order valence-corrected chi connectivity index (χ2v) is 4.43. The van der Waals surface area contributed by atoms with Crippen molar-refractivity contribution in [3.8, 4) is 0 Å². The number of methoxy groups -OCH3 is 1. The summed E-state index contributed by atoms with van der Waals surface area (Å²) < 4.78 is 9.59. The molecule has 0 atom stereocenters. The summed E-state index contributed by atoms with van der Waals surface area (Å²) in [6.45, 7) is 3.87. The highest BCUT2D eigenvalue weighted by Gasteiger charge is 2.24.